The average Bonchev–Trinajstić information content (AvgIpc) is 2.93. The van der Waals surface area contributed by atoms with Gasteiger partial charge in [0.15, 0.2) is 5.22 Å². The number of aryl methyl sites for hydroxylation is 2. The molecular formula is C12H16Cl2N4O. The zero-order chi connectivity index (χ0) is 14.0. The highest BCUT2D eigenvalue weighted by molar-refractivity contribution is 6.31. The fourth-order valence-electron chi connectivity index (χ4n) is 2.01. The lowest BCUT2D eigenvalue weighted by Crippen LogP contribution is -2.30. The summed E-state index contributed by atoms with van der Waals surface area (Å²) in [4.78, 5) is 0. The summed E-state index contributed by atoms with van der Waals surface area (Å²) >= 11 is 12.1. The Kier molecular flexibility index (Phi) is 4.52. The minimum Gasteiger partial charge on any atom is -0.448 e. The van der Waals surface area contributed by atoms with Crippen LogP contribution in [0.1, 0.15) is 30.1 Å². The second-order valence-electron chi connectivity index (χ2n) is 4.23. The van der Waals surface area contributed by atoms with Crippen molar-refractivity contribution >= 4 is 23.2 Å². The molecule has 0 bridgehead atoms. The Morgan fingerprint density at radius 2 is 2.21 bits per heavy atom. The van der Waals surface area contributed by atoms with Gasteiger partial charge in [0.25, 0.3) is 0 Å². The van der Waals surface area contributed by atoms with Gasteiger partial charge in [-0.3, -0.25) is 10.5 Å². The lowest BCUT2D eigenvalue weighted by Gasteiger charge is -2.14. The minimum atomic E-state index is -0.202. The molecule has 1 unspecified atom stereocenters. The molecule has 1 atom stereocenters. The van der Waals surface area contributed by atoms with Gasteiger partial charge in [-0.2, -0.15) is 5.10 Å². The van der Waals surface area contributed by atoms with E-state index in [2.05, 4.69) is 10.5 Å². The molecule has 0 spiro atoms. The van der Waals surface area contributed by atoms with E-state index in [1.54, 1.807) is 12.1 Å². The van der Waals surface area contributed by atoms with E-state index in [1.807, 2.05) is 18.5 Å². The molecule has 0 aliphatic heterocycles. The largest absolute Gasteiger partial charge is 0.448 e. The van der Waals surface area contributed by atoms with Crippen LogP contribution in [0.25, 0.3) is 0 Å². The lowest BCUT2D eigenvalue weighted by atomic mass is 10.1. The van der Waals surface area contributed by atoms with Gasteiger partial charge < -0.3 is 4.42 Å². The van der Waals surface area contributed by atoms with E-state index in [0.29, 0.717) is 22.4 Å². The highest BCUT2D eigenvalue weighted by atomic mass is 35.5. The van der Waals surface area contributed by atoms with Crippen LogP contribution in [-0.4, -0.2) is 9.78 Å². The molecular weight excluding hydrogens is 287 g/mol. The fourth-order valence-corrected chi connectivity index (χ4v) is 2.38. The molecule has 104 valence electrons. The van der Waals surface area contributed by atoms with Crippen molar-refractivity contribution in [2.45, 2.75) is 32.9 Å². The van der Waals surface area contributed by atoms with Crippen LogP contribution in [0.2, 0.25) is 10.2 Å². The predicted molar refractivity (Wildman–Crippen MR) is 75.1 cm³/mol. The quantitative estimate of drug-likeness (QED) is 0.658. The van der Waals surface area contributed by atoms with Crippen molar-refractivity contribution in [2.24, 2.45) is 5.84 Å². The van der Waals surface area contributed by atoms with Crippen LogP contribution in [0.4, 0.5) is 0 Å². The van der Waals surface area contributed by atoms with Gasteiger partial charge in [0.05, 0.1) is 22.5 Å². The molecule has 0 amide bonds. The van der Waals surface area contributed by atoms with Gasteiger partial charge in [0.2, 0.25) is 0 Å². The first kappa shape index (κ1) is 14.4. The average molecular weight is 303 g/mol. The van der Waals surface area contributed by atoms with Crippen LogP contribution in [0.15, 0.2) is 16.5 Å². The van der Waals surface area contributed by atoms with Crippen molar-refractivity contribution in [3.63, 3.8) is 0 Å². The Morgan fingerprint density at radius 3 is 2.74 bits per heavy atom. The van der Waals surface area contributed by atoms with E-state index in [9.17, 15) is 0 Å². The maximum Gasteiger partial charge on any atom is 0.193 e. The van der Waals surface area contributed by atoms with Crippen molar-refractivity contribution in [2.75, 3.05) is 0 Å². The number of nitrogens with one attached hydrogen (secondary N) is 1. The summed E-state index contributed by atoms with van der Waals surface area (Å²) in [5.41, 5.74) is 4.46. The van der Waals surface area contributed by atoms with Crippen LogP contribution >= 0.6 is 23.2 Å². The first-order valence-corrected chi connectivity index (χ1v) is 6.75. The molecule has 3 N–H and O–H groups in total. The molecule has 0 saturated carbocycles. The summed E-state index contributed by atoms with van der Waals surface area (Å²) in [6, 6.07) is 3.28. The van der Waals surface area contributed by atoms with Crippen LogP contribution < -0.4 is 11.3 Å². The second kappa shape index (κ2) is 5.96. The first-order chi connectivity index (χ1) is 9.06. The van der Waals surface area contributed by atoms with Gasteiger partial charge >= 0.3 is 0 Å². The van der Waals surface area contributed by atoms with E-state index >= 15 is 0 Å². The van der Waals surface area contributed by atoms with Gasteiger partial charge in [-0.15, -0.1) is 0 Å². The zero-order valence-corrected chi connectivity index (χ0v) is 12.3. The molecule has 2 aromatic rings. The van der Waals surface area contributed by atoms with E-state index in [-0.39, 0.29) is 6.04 Å². The van der Waals surface area contributed by atoms with Crippen LogP contribution in [-0.2, 0) is 13.0 Å². The Bertz CT molecular complexity index is 564. The van der Waals surface area contributed by atoms with Gasteiger partial charge in [-0.25, -0.2) is 5.43 Å². The Hall–Kier alpha value is -1.01. The number of rotatable bonds is 5. The molecule has 0 aliphatic rings. The van der Waals surface area contributed by atoms with E-state index in [4.69, 9.17) is 33.5 Å². The number of halogens is 2. The zero-order valence-electron chi connectivity index (χ0n) is 10.8. The second-order valence-corrected chi connectivity index (χ2v) is 4.98. The number of nitrogens with two attached hydrogens (primary N) is 1. The number of nitrogens with zero attached hydrogens (tertiary/aromatic N) is 2. The molecule has 0 radical (unpaired) electrons. The van der Waals surface area contributed by atoms with E-state index < -0.39 is 0 Å². The molecule has 7 heteroatoms. The Morgan fingerprint density at radius 1 is 1.47 bits per heavy atom. The minimum absolute atomic E-state index is 0.202. The molecule has 19 heavy (non-hydrogen) atoms. The summed E-state index contributed by atoms with van der Waals surface area (Å²) in [5, 5.41) is 5.38. The smallest absolute Gasteiger partial charge is 0.193 e. The van der Waals surface area contributed by atoms with Crippen molar-refractivity contribution in [1.82, 2.24) is 15.2 Å². The van der Waals surface area contributed by atoms with Gasteiger partial charge in [0.1, 0.15) is 5.76 Å². The summed E-state index contributed by atoms with van der Waals surface area (Å²) in [7, 11) is 0. The summed E-state index contributed by atoms with van der Waals surface area (Å²) in [6.45, 7) is 4.65. The number of furan rings is 1. The van der Waals surface area contributed by atoms with Crippen molar-refractivity contribution in [3.8, 4) is 0 Å². The van der Waals surface area contributed by atoms with Gasteiger partial charge in [-0.05, 0) is 37.6 Å². The van der Waals surface area contributed by atoms with Gasteiger partial charge in [-0.1, -0.05) is 11.6 Å². The molecule has 5 nitrogen and oxygen atoms in total. The normalized spacial score (nSPS) is 12.9. The van der Waals surface area contributed by atoms with Crippen LogP contribution in [0.5, 0.6) is 0 Å². The van der Waals surface area contributed by atoms with Crippen molar-refractivity contribution in [3.05, 3.63) is 39.5 Å². The predicted octanol–water partition coefficient (Wildman–Crippen LogP) is 2.86. The van der Waals surface area contributed by atoms with Gasteiger partial charge in [0, 0.05) is 13.0 Å². The van der Waals surface area contributed by atoms with Crippen LogP contribution in [0.3, 0.4) is 0 Å². The number of hydrogen-bond acceptors (Lipinski definition) is 4. The summed E-state index contributed by atoms with van der Waals surface area (Å²) < 4.78 is 7.25. The summed E-state index contributed by atoms with van der Waals surface area (Å²) in [6.07, 6.45) is 0.577. The van der Waals surface area contributed by atoms with Crippen molar-refractivity contribution in [1.29, 1.82) is 0 Å². The summed E-state index contributed by atoms with van der Waals surface area (Å²) in [5.74, 6) is 6.26. The first-order valence-electron chi connectivity index (χ1n) is 6.00. The number of aromatic nitrogens is 2. The monoisotopic (exact) mass is 302 g/mol. The molecule has 2 aromatic heterocycles. The van der Waals surface area contributed by atoms with Crippen molar-refractivity contribution < 1.29 is 4.42 Å². The van der Waals surface area contributed by atoms with Crippen LogP contribution in [0, 0.1) is 6.92 Å². The highest BCUT2D eigenvalue weighted by Crippen LogP contribution is 2.27. The molecule has 0 fully saturated rings. The highest BCUT2D eigenvalue weighted by Gasteiger charge is 2.20. The standard InChI is InChI=1S/C12H16Cl2N4O/c1-3-18-9(12(14)7(2)17-18)6-8(16-15)10-4-5-11(13)19-10/h4-5,8,16H,3,6,15H2,1-2H3. The third kappa shape index (κ3) is 2.95. The molecule has 0 saturated heterocycles. The molecule has 2 heterocycles. The lowest BCUT2D eigenvalue weighted by molar-refractivity contribution is 0.409. The molecule has 2 rings (SSSR count). The maximum absolute atomic E-state index is 6.28. The third-order valence-electron chi connectivity index (χ3n) is 2.99. The van der Waals surface area contributed by atoms with E-state index in [0.717, 1.165) is 17.9 Å². The third-order valence-corrected chi connectivity index (χ3v) is 3.68. The molecule has 0 aromatic carbocycles. The Balaban J connectivity index is 2.28. The van der Waals surface area contributed by atoms with E-state index in [1.165, 1.54) is 0 Å². The Labute approximate surface area is 121 Å². The maximum atomic E-state index is 6.28. The topological polar surface area (TPSA) is 69.0 Å². The molecule has 0 aliphatic carbocycles. The SMILES string of the molecule is CCn1nc(C)c(Cl)c1CC(NN)c1ccc(Cl)o1. The number of hydrazine groups is 1. The fraction of sp³-hybridized carbons (Fsp3) is 0.417. The number of hydrogen-bond donors (Lipinski definition) is 2.